The van der Waals surface area contributed by atoms with E-state index in [-0.39, 0.29) is 16.8 Å². The lowest BCUT2D eigenvalue weighted by atomic mass is 9.93. The van der Waals surface area contributed by atoms with E-state index >= 15 is 0 Å². The normalized spacial score (nSPS) is 12.4. The summed E-state index contributed by atoms with van der Waals surface area (Å²) in [6.45, 7) is 12.5. The minimum Gasteiger partial charge on any atom is -0.242 e. The number of aromatic nitrogens is 5. The molecule has 6 heteroatoms. The van der Waals surface area contributed by atoms with Gasteiger partial charge in [0, 0.05) is 35.1 Å². The second-order valence-corrected chi connectivity index (χ2v) is 8.86. The van der Waals surface area contributed by atoms with Crippen molar-refractivity contribution >= 4 is 0 Å². The van der Waals surface area contributed by atoms with Gasteiger partial charge in [-0.25, -0.2) is 19.6 Å². The first-order chi connectivity index (χ1) is 12.4. The monoisotopic (exact) mass is 367 g/mol. The van der Waals surface area contributed by atoms with Gasteiger partial charge in [-0.1, -0.05) is 59.7 Å². The number of hydrogen-bond donors (Lipinski definition) is 0. The lowest BCUT2D eigenvalue weighted by molar-refractivity contribution is 0.497. The molecule has 0 aliphatic heterocycles. The summed E-state index contributed by atoms with van der Waals surface area (Å²) in [5.74, 6) is 1.76. The van der Waals surface area contributed by atoms with Crippen molar-refractivity contribution in [3.8, 4) is 22.6 Å². The van der Waals surface area contributed by atoms with Crippen LogP contribution in [0.4, 0.5) is 4.39 Å². The van der Waals surface area contributed by atoms with Crippen molar-refractivity contribution in [2.75, 3.05) is 0 Å². The van der Waals surface area contributed by atoms with Crippen LogP contribution in [0.5, 0.6) is 0 Å². The molecule has 0 spiro atoms. The molecule has 0 radical (unpaired) electrons. The molecule has 0 atom stereocenters. The van der Waals surface area contributed by atoms with Gasteiger partial charge < -0.3 is 0 Å². The Morgan fingerprint density at radius 1 is 0.815 bits per heavy atom. The third-order valence-corrected chi connectivity index (χ3v) is 4.22. The summed E-state index contributed by atoms with van der Waals surface area (Å²) in [5, 5.41) is 4.22. The van der Waals surface area contributed by atoms with Crippen LogP contribution in [0.25, 0.3) is 22.6 Å². The average molecular weight is 367 g/mol. The molecule has 2 heterocycles. The molecule has 1 aromatic carbocycles. The van der Waals surface area contributed by atoms with Gasteiger partial charge in [0.1, 0.15) is 11.6 Å². The molecule has 3 aromatic rings. The molecular weight excluding hydrogens is 341 g/mol. The van der Waals surface area contributed by atoms with Gasteiger partial charge in [0.25, 0.3) is 0 Å². The quantitative estimate of drug-likeness (QED) is 0.660. The highest BCUT2D eigenvalue weighted by molar-refractivity contribution is 5.67. The van der Waals surface area contributed by atoms with E-state index in [0.29, 0.717) is 11.5 Å². The number of aryl methyl sites for hydroxylation is 1. The molecule has 5 nitrogen and oxygen atoms in total. The van der Waals surface area contributed by atoms with Crippen LogP contribution in [-0.2, 0) is 17.9 Å². The highest BCUT2D eigenvalue weighted by Crippen LogP contribution is 2.28. The maximum Gasteiger partial charge on any atom is 0.211 e. The summed E-state index contributed by atoms with van der Waals surface area (Å²) in [5.41, 5.74) is 1.87. The Labute approximate surface area is 159 Å². The van der Waals surface area contributed by atoms with Crippen molar-refractivity contribution in [2.45, 2.75) is 52.4 Å². The first-order valence-electron chi connectivity index (χ1n) is 9.02. The largest absolute Gasteiger partial charge is 0.242 e. The highest BCUT2D eigenvalue weighted by Gasteiger charge is 2.25. The fourth-order valence-corrected chi connectivity index (χ4v) is 2.58. The predicted octanol–water partition coefficient (Wildman–Crippen LogP) is 4.67. The summed E-state index contributed by atoms with van der Waals surface area (Å²) in [7, 11) is 1.58. The summed E-state index contributed by atoms with van der Waals surface area (Å²) in [6.07, 6.45) is 0. The second kappa shape index (κ2) is 6.51. The Morgan fingerprint density at radius 2 is 1.37 bits per heavy atom. The minimum absolute atomic E-state index is 0.195. The number of halogens is 1. The number of benzene rings is 1. The van der Waals surface area contributed by atoms with Crippen LogP contribution in [0.2, 0.25) is 0 Å². The fraction of sp³-hybridized carbons (Fsp3) is 0.429. The number of hydrogen-bond acceptors (Lipinski definition) is 4. The van der Waals surface area contributed by atoms with Crippen LogP contribution < -0.4 is 0 Å². The molecule has 0 bridgehead atoms. The smallest absolute Gasteiger partial charge is 0.211 e. The van der Waals surface area contributed by atoms with Gasteiger partial charge in [-0.3, -0.25) is 0 Å². The van der Waals surface area contributed by atoms with Crippen LogP contribution in [0, 0.1) is 5.95 Å². The maximum absolute atomic E-state index is 13.7. The Bertz CT molecular complexity index is 925. The molecule has 0 aliphatic carbocycles. The van der Waals surface area contributed by atoms with Gasteiger partial charge >= 0.3 is 0 Å². The van der Waals surface area contributed by atoms with Crippen molar-refractivity contribution in [3.63, 3.8) is 0 Å². The van der Waals surface area contributed by atoms with E-state index < -0.39 is 0 Å². The molecule has 0 saturated carbocycles. The van der Waals surface area contributed by atoms with E-state index in [4.69, 9.17) is 15.0 Å². The predicted molar refractivity (Wildman–Crippen MR) is 105 cm³/mol. The summed E-state index contributed by atoms with van der Waals surface area (Å²) < 4.78 is 14.9. The van der Waals surface area contributed by atoms with Crippen molar-refractivity contribution in [1.82, 2.24) is 24.7 Å². The summed E-state index contributed by atoms with van der Waals surface area (Å²) >= 11 is 0. The topological polar surface area (TPSA) is 56.5 Å². The molecule has 142 valence electrons. The summed E-state index contributed by atoms with van der Waals surface area (Å²) in [4.78, 5) is 14.2. The molecule has 0 aliphatic rings. The van der Waals surface area contributed by atoms with Gasteiger partial charge in [-0.15, -0.1) is 0 Å². The SMILES string of the molecule is Cn1nc(-c2cccc(-c3nc(C(C)(C)C)nc(C(C)(C)C)n3)c2)cc1F. The van der Waals surface area contributed by atoms with E-state index in [1.807, 2.05) is 24.3 Å². The van der Waals surface area contributed by atoms with Crippen molar-refractivity contribution in [1.29, 1.82) is 0 Å². The van der Waals surface area contributed by atoms with Crippen LogP contribution in [0.3, 0.4) is 0 Å². The van der Waals surface area contributed by atoms with Gasteiger partial charge in [0.05, 0.1) is 5.69 Å². The molecule has 0 N–H and O–H groups in total. The molecule has 3 rings (SSSR count). The third-order valence-electron chi connectivity index (χ3n) is 4.22. The zero-order valence-corrected chi connectivity index (χ0v) is 17.0. The molecule has 0 fully saturated rings. The number of rotatable bonds is 2. The molecule has 0 unspecified atom stereocenters. The third kappa shape index (κ3) is 4.04. The molecule has 0 amide bonds. The molecule has 2 aromatic heterocycles. The van der Waals surface area contributed by atoms with Crippen molar-refractivity contribution in [3.05, 3.63) is 47.9 Å². The molecule has 0 saturated heterocycles. The Balaban J connectivity index is 2.14. The van der Waals surface area contributed by atoms with E-state index in [9.17, 15) is 4.39 Å². The van der Waals surface area contributed by atoms with Gasteiger partial charge in [-0.2, -0.15) is 9.49 Å². The van der Waals surface area contributed by atoms with Gasteiger partial charge in [-0.05, 0) is 6.07 Å². The minimum atomic E-state index is -0.374. The first-order valence-corrected chi connectivity index (χ1v) is 9.02. The fourth-order valence-electron chi connectivity index (χ4n) is 2.58. The Hall–Kier alpha value is -2.63. The van der Waals surface area contributed by atoms with E-state index in [1.165, 1.54) is 10.7 Å². The first kappa shape index (κ1) is 19.1. The van der Waals surface area contributed by atoms with E-state index in [0.717, 1.165) is 22.8 Å². The molecule has 27 heavy (non-hydrogen) atoms. The van der Waals surface area contributed by atoms with E-state index in [1.54, 1.807) is 7.05 Å². The average Bonchev–Trinajstić information content (AvgIpc) is 2.92. The lowest BCUT2D eigenvalue weighted by Crippen LogP contribution is -2.24. The standard InChI is InChI=1S/C21H26FN5/c1-20(2,3)18-23-17(24-19(25-18)21(4,5)6)14-10-8-9-13(11-14)15-12-16(22)27(7)26-15/h8-12H,1-7H3. The van der Waals surface area contributed by atoms with Crippen LogP contribution in [0.15, 0.2) is 30.3 Å². The van der Waals surface area contributed by atoms with Crippen LogP contribution >= 0.6 is 0 Å². The Morgan fingerprint density at radius 3 is 1.85 bits per heavy atom. The summed E-state index contributed by atoms with van der Waals surface area (Å²) in [6, 6.07) is 9.14. The van der Waals surface area contributed by atoms with Crippen LogP contribution in [-0.4, -0.2) is 24.7 Å². The van der Waals surface area contributed by atoms with E-state index in [2.05, 4.69) is 46.6 Å². The Kier molecular flexibility index (Phi) is 4.62. The number of nitrogens with zero attached hydrogens (tertiary/aromatic N) is 5. The zero-order valence-electron chi connectivity index (χ0n) is 17.0. The van der Waals surface area contributed by atoms with Crippen molar-refractivity contribution < 1.29 is 4.39 Å². The van der Waals surface area contributed by atoms with Crippen molar-refractivity contribution in [2.24, 2.45) is 7.05 Å². The van der Waals surface area contributed by atoms with Crippen LogP contribution in [0.1, 0.15) is 53.2 Å². The zero-order chi connectivity index (χ0) is 20.0. The molecular formula is C21H26FN5. The lowest BCUT2D eigenvalue weighted by Gasteiger charge is -2.22. The highest BCUT2D eigenvalue weighted by atomic mass is 19.1. The van der Waals surface area contributed by atoms with Gasteiger partial charge in [0.2, 0.25) is 5.95 Å². The van der Waals surface area contributed by atoms with Gasteiger partial charge in [0.15, 0.2) is 5.82 Å². The second-order valence-electron chi connectivity index (χ2n) is 8.86. The maximum atomic E-state index is 13.7.